The van der Waals surface area contributed by atoms with Gasteiger partial charge in [0.25, 0.3) is 0 Å². The molecular weight excluding hydrogens is 346 g/mol. The number of carbonyl (C=O) groups excluding carboxylic acids is 2. The van der Waals surface area contributed by atoms with Crippen LogP contribution in [0.5, 0.6) is 0 Å². The Morgan fingerprint density at radius 3 is 2.63 bits per heavy atom. The van der Waals surface area contributed by atoms with Crippen LogP contribution in [0.15, 0.2) is 28.9 Å². The minimum Gasteiger partial charge on any atom is -0.466 e. The fourth-order valence-electron chi connectivity index (χ4n) is 2.74. The van der Waals surface area contributed by atoms with Crippen molar-refractivity contribution in [1.82, 2.24) is 4.90 Å². The van der Waals surface area contributed by atoms with Gasteiger partial charge in [-0.2, -0.15) is 0 Å². The Morgan fingerprint density at radius 1 is 1.22 bits per heavy atom. The van der Waals surface area contributed by atoms with Crippen molar-refractivity contribution in [3.05, 3.63) is 35.6 Å². The van der Waals surface area contributed by atoms with Crippen molar-refractivity contribution in [2.24, 2.45) is 0 Å². The number of fused-ring (bicyclic) bond motifs is 1. The average molecular weight is 375 g/mol. The van der Waals surface area contributed by atoms with Gasteiger partial charge < -0.3 is 18.8 Å². The molecule has 6 heteroatoms. The number of furan rings is 1. The van der Waals surface area contributed by atoms with Crippen LogP contribution in [0.3, 0.4) is 0 Å². The van der Waals surface area contributed by atoms with E-state index in [1.54, 1.807) is 25.1 Å². The molecule has 1 aromatic carbocycles. The molecular formula is C21H29NO5. The Hall–Kier alpha value is -2.50. The van der Waals surface area contributed by atoms with Gasteiger partial charge in [0.2, 0.25) is 0 Å². The van der Waals surface area contributed by atoms with Crippen molar-refractivity contribution in [1.29, 1.82) is 0 Å². The van der Waals surface area contributed by atoms with Crippen molar-refractivity contribution in [3.8, 4) is 0 Å². The van der Waals surface area contributed by atoms with E-state index in [2.05, 4.69) is 0 Å². The number of nitrogens with zero attached hydrogens (tertiary/aromatic N) is 1. The number of rotatable bonds is 7. The topological polar surface area (TPSA) is 69.0 Å². The second-order valence-corrected chi connectivity index (χ2v) is 7.58. The highest BCUT2D eigenvalue weighted by atomic mass is 16.6. The maximum Gasteiger partial charge on any atom is 0.410 e. The number of carbonyl (C=O) groups is 2. The molecule has 0 saturated carbocycles. The molecule has 0 radical (unpaired) electrons. The average Bonchev–Trinajstić information content (AvgIpc) is 2.95. The molecule has 1 amide bonds. The van der Waals surface area contributed by atoms with Gasteiger partial charge in [-0.3, -0.25) is 4.79 Å². The fourth-order valence-corrected chi connectivity index (χ4v) is 2.74. The highest BCUT2D eigenvalue weighted by Gasteiger charge is 2.19. The Labute approximate surface area is 160 Å². The Kier molecular flexibility index (Phi) is 6.88. The molecule has 0 aliphatic rings. The van der Waals surface area contributed by atoms with Crippen LogP contribution in [0, 0.1) is 0 Å². The van der Waals surface area contributed by atoms with Crippen molar-refractivity contribution < 1.29 is 23.5 Å². The summed E-state index contributed by atoms with van der Waals surface area (Å²) in [6.07, 6.45) is 3.12. The van der Waals surface area contributed by atoms with Crippen LogP contribution in [0.1, 0.15) is 45.2 Å². The third-order valence-corrected chi connectivity index (χ3v) is 4.02. The first kappa shape index (κ1) is 20.8. The van der Waals surface area contributed by atoms with E-state index in [1.807, 2.05) is 39.0 Å². The summed E-state index contributed by atoms with van der Waals surface area (Å²) in [4.78, 5) is 25.3. The standard InChI is InChI=1S/C21H29NO5/c1-6-25-19(23)13-16-14-26-18-10-9-15(12-17(16)18)8-7-11-22(5)20(24)27-21(2,3)4/h9-10,12,14H,6-8,11,13H2,1-5H3. The zero-order valence-electron chi connectivity index (χ0n) is 16.8. The number of hydrogen-bond donors (Lipinski definition) is 0. The lowest BCUT2D eigenvalue weighted by atomic mass is 10.0. The molecule has 6 nitrogen and oxygen atoms in total. The second kappa shape index (κ2) is 8.93. The summed E-state index contributed by atoms with van der Waals surface area (Å²) in [6, 6.07) is 5.96. The molecule has 0 spiro atoms. The molecule has 0 aliphatic carbocycles. The lowest BCUT2D eigenvalue weighted by Gasteiger charge is -2.24. The van der Waals surface area contributed by atoms with Crippen LogP contribution in [-0.4, -0.2) is 42.8 Å². The molecule has 0 N–H and O–H groups in total. The number of ether oxygens (including phenoxy) is 2. The third-order valence-electron chi connectivity index (χ3n) is 4.02. The molecule has 148 valence electrons. The SMILES string of the molecule is CCOC(=O)Cc1coc2ccc(CCCN(C)C(=O)OC(C)(C)C)cc12. The molecule has 1 heterocycles. The van der Waals surface area contributed by atoms with Gasteiger partial charge in [-0.05, 0) is 58.2 Å². The van der Waals surface area contributed by atoms with Gasteiger partial charge in [0.15, 0.2) is 0 Å². The van der Waals surface area contributed by atoms with E-state index in [4.69, 9.17) is 13.9 Å². The summed E-state index contributed by atoms with van der Waals surface area (Å²) in [6.45, 7) is 8.32. The van der Waals surface area contributed by atoms with Crippen LogP contribution < -0.4 is 0 Å². The van der Waals surface area contributed by atoms with Crippen molar-refractivity contribution in [3.63, 3.8) is 0 Å². The number of aryl methyl sites for hydroxylation is 1. The zero-order chi connectivity index (χ0) is 20.0. The second-order valence-electron chi connectivity index (χ2n) is 7.58. The van der Waals surface area contributed by atoms with Gasteiger partial charge in [0.05, 0.1) is 19.3 Å². The Bertz CT molecular complexity index is 787. The minimum absolute atomic E-state index is 0.200. The van der Waals surface area contributed by atoms with E-state index in [0.717, 1.165) is 34.9 Å². The summed E-state index contributed by atoms with van der Waals surface area (Å²) in [7, 11) is 1.74. The fraction of sp³-hybridized carbons (Fsp3) is 0.524. The zero-order valence-corrected chi connectivity index (χ0v) is 16.8. The van der Waals surface area contributed by atoms with Crippen LogP contribution in [-0.2, 0) is 27.1 Å². The molecule has 0 atom stereocenters. The van der Waals surface area contributed by atoms with Gasteiger partial charge in [-0.1, -0.05) is 6.07 Å². The molecule has 0 saturated heterocycles. The van der Waals surface area contributed by atoms with Gasteiger partial charge in [-0.15, -0.1) is 0 Å². The van der Waals surface area contributed by atoms with E-state index in [9.17, 15) is 9.59 Å². The van der Waals surface area contributed by atoms with Gasteiger partial charge in [-0.25, -0.2) is 4.79 Å². The summed E-state index contributed by atoms with van der Waals surface area (Å²) < 4.78 is 15.9. The van der Waals surface area contributed by atoms with E-state index in [1.165, 1.54) is 0 Å². The first-order chi connectivity index (χ1) is 12.7. The number of hydrogen-bond acceptors (Lipinski definition) is 5. The monoisotopic (exact) mass is 375 g/mol. The smallest absolute Gasteiger partial charge is 0.410 e. The largest absolute Gasteiger partial charge is 0.466 e. The maximum atomic E-state index is 12.0. The first-order valence-electron chi connectivity index (χ1n) is 9.28. The minimum atomic E-state index is -0.493. The maximum absolute atomic E-state index is 12.0. The van der Waals surface area contributed by atoms with Crippen molar-refractivity contribution in [2.45, 2.75) is 52.6 Å². The predicted molar refractivity (Wildman–Crippen MR) is 104 cm³/mol. The quantitative estimate of drug-likeness (QED) is 0.674. The van der Waals surface area contributed by atoms with E-state index in [0.29, 0.717) is 13.2 Å². The number of esters is 1. The number of amides is 1. The highest BCUT2D eigenvalue weighted by molar-refractivity contribution is 5.86. The summed E-state index contributed by atoms with van der Waals surface area (Å²) in [5.74, 6) is -0.260. The van der Waals surface area contributed by atoms with E-state index >= 15 is 0 Å². The lowest BCUT2D eigenvalue weighted by Crippen LogP contribution is -2.34. The highest BCUT2D eigenvalue weighted by Crippen LogP contribution is 2.24. The summed E-state index contributed by atoms with van der Waals surface area (Å²) >= 11 is 0. The molecule has 0 unspecified atom stereocenters. The summed E-state index contributed by atoms with van der Waals surface area (Å²) in [5, 5.41) is 0.932. The molecule has 0 aliphatic heterocycles. The lowest BCUT2D eigenvalue weighted by molar-refractivity contribution is -0.142. The van der Waals surface area contributed by atoms with Crippen molar-refractivity contribution in [2.75, 3.05) is 20.2 Å². The van der Waals surface area contributed by atoms with Crippen LogP contribution in [0.4, 0.5) is 4.79 Å². The molecule has 0 fully saturated rings. The molecule has 27 heavy (non-hydrogen) atoms. The molecule has 1 aromatic heterocycles. The molecule has 2 rings (SSSR count). The summed E-state index contributed by atoms with van der Waals surface area (Å²) in [5.41, 5.74) is 2.22. The van der Waals surface area contributed by atoms with E-state index in [-0.39, 0.29) is 18.5 Å². The van der Waals surface area contributed by atoms with Crippen molar-refractivity contribution >= 4 is 23.0 Å². The first-order valence-corrected chi connectivity index (χ1v) is 9.28. The Balaban J connectivity index is 1.95. The van der Waals surface area contributed by atoms with Gasteiger partial charge >= 0.3 is 12.1 Å². The van der Waals surface area contributed by atoms with Gasteiger partial charge in [0, 0.05) is 24.5 Å². The number of benzene rings is 1. The van der Waals surface area contributed by atoms with Crippen LogP contribution in [0.25, 0.3) is 11.0 Å². The Morgan fingerprint density at radius 2 is 1.96 bits per heavy atom. The molecule has 2 aromatic rings. The third kappa shape index (κ3) is 6.31. The van der Waals surface area contributed by atoms with E-state index < -0.39 is 5.60 Å². The predicted octanol–water partition coefficient (Wildman–Crippen LogP) is 4.34. The van der Waals surface area contributed by atoms with Gasteiger partial charge in [0.1, 0.15) is 11.2 Å². The van der Waals surface area contributed by atoms with Crippen LogP contribution >= 0.6 is 0 Å². The normalized spacial score (nSPS) is 11.4. The van der Waals surface area contributed by atoms with Crippen LogP contribution in [0.2, 0.25) is 0 Å². The molecule has 0 bridgehead atoms.